The second-order valence-electron chi connectivity index (χ2n) is 5.89. The number of pyridine rings is 1. The van der Waals surface area contributed by atoms with Crippen molar-refractivity contribution < 1.29 is 9.53 Å². The minimum atomic E-state index is -0.300. The van der Waals surface area contributed by atoms with Crippen LogP contribution in [0.5, 0.6) is 0 Å². The van der Waals surface area contributed by atoms with E-state index in [1.807, 2.05) is 32.0 Å². The van der Waals surface area contributed by atoms with Crippen molar-refractivity contribution >= 4 is 28.6 Å². The normalized spacial score (nSPS) is 11.0. The summed E-state index contributed by atoms with van der Waals surface area (Å²) in [5, 5.41) is 10.9. The summed E-state index contributed by atoms with van der Waals surface area (Å²) in [7, 11) is 0. The lowest BCUT2D eigenvalue weighted by atomic mass is 10.0. The van der Waals surface area contributed by atoms with Gasteiger partial charge in [-0.2, -0.15) is 5.26 Å². The van der Waals surface area contributed by atoms with Gasteiger partial charge in [-0.1, -0.05) is 31.7 Å². The number of carbonyl (C=O) groups excluding carboxylic acids is 1. The van der Waals surface area contributed by atoms with Gasteiger partial charge in [0.2, 0.25) is 0 Å². The van der Waals surface area contributed by atoms with Gasteiger partial charge in [0.15, 0.2) is 0 Å². The number of aromatic nitrogens is 1. The molecular formula is C18H20N2O2S. The zero-order chi connectivity index (χ0) is 17.0. The maximum absolute atomic E-state index is 11.7. The maximum atomic E-state index is 11.7. The van der Waals surface area contributed by atoms with E-state index >= 15 is 0 Å². The lowest BCUT2D eigenvalue weighted by molar-refractivity contribution is -0.144. The number of hydrogen-bond donors (Lipinski definition) is 0. The third-order valence-corrected chi connectivity index (χ3v) is 4.25. The molecule has 1 aromatic carbocycles. The number of rotatable bonds is 5. The molecule has 0 radical (unpaired) electrons. The number of esters is 1. The van der Waals surface area contributed by atoms with Crippen LogP contribution in [0.2, 0.25) is 0 Å². The van der Waals surface area contributed by atoms with E-state index in [1.54, 1.807) is 0 Å². The molecule has 0 aliphatic rings. The molecule has 0 N–H and O–H groups in total. The van der Waals surface area contributed by atoms with Crippen molar-refractivity contribution in [2.75, 3.05) is 5.75 Å². The van der Waals surface area contributed by atoms with Crippen LogP contribution in [0, 0.1) is 11.3 Å². The van der Waals surface area contributed by atoms with Crippen molar-refractivity contribution in [1.29, 1.82) is 5.26 Å². The quantitative estimate of drug-likeness (QED) is 0.606. The molecule has 0 aliphatic heterocycles. The summed E-state index contributed by atoms with van der Waals surface area (Å²) in [6, 6.07) is 10.1. The van der Waals surface area contributed by atoms with Crippen LogP contribution in [0.4, 0.5) is 0 Å². The molecule has 0 spiro atoms. The number of benzene rings is 1. The lowest BCUT2D eigenvalue weighted by Gasteiger charge is -2.10. The molecule has 2 rings (SSSR count). The summed E-state index contributed by atoms with van der Waals surface area (Å²) >= 11 is 1.24. The number of nitrogens with zero attached hydrogens (tertiary/aromatic N) is 2. The van der Waals surface area contributed by atoms with Gasteiger partial charge in [-0.05, 0) is 43.5 Å². The van der Waals surface area contributed by atoms with E-state index in [-0.39, 0.29) is 17.8 Å². The Morgan fingerprint density at radius 1 is 1.30 bits per heavy atom. The van der Waals surface area contributed by atoms with Crippen molar-refractivity contribution in [2.24, 2.45) is 0 Å². The number of nitriles is 1. The highest BCUT2D eigenvalue weighted by molar-refractivity contribution is 7.99. The minimum absolute atomic E-state index is 0.141. The van der Waals surface area contributed by atoms with Gasteiger partial charge < -0.3 is 4.74 Å². The standard InChI is InChI=1S/C18H20N2O2S/c1-11(2)13-5-6-16-14(7-13)8-15(9-19)18(20-16)23-10-17(21)22-12(3)4/h5-8,11-12H,10H2,1-4H3. The summed E-state index contributed by atoms with van der Waals surface area (Å²) in [5.74, 6) is 0.269. The first-order chi connectivity index (χ1) is 10.9. The summed E-state index contributed by atoms with van der Waals surface area (Å²) in [6.45, 7) is 7.88. The number of ether oxygens (including phenoxy) is 1. The molecule has 0 amide bonds. The molecule has 0 saturated heterocycles. The molecule has 0 bridgehead atoms. The Morgan fingerprint density at radius 2 is 2.04 bits per heavy atom. The number of hydrogen-bond acceptors (Lipinski definition) is 5. The predicted molar refractivity (Wildman–Crippen MR) is 92.5 cm³/mol. The van der Waals surface area contributed by atoms with E-state index in [0.29, 0.717) is 16.5 Å². The average molecular weight is 328 g/mol. The fourth-order valence-corrected chi connectivity index (χ4v) is 2.90. The van der Waals surface area contributed by atoms with Crippen LogP contribution >= 0.6 is 11.8 Å². The molecular weight excluding hydrogens is 308 g/mol. The molecule has 4 nitrogen and oxygen atoms in total. The Labute approximate surface area is 140 Å². The fourth-order valence-electron chi connectivity index (χ4n) is 2.15. The van der Waals surface area contributed by atoms with Crippen molar-refractivity contribution in [3.05, 3.63) is 35.4 Å². The van der Waals surface area contributed by atoms with E-state index < -0.39 is 0 Å². The van der Waals surface area contributed by atoms with Crippen LogP contribution in [0.25, 0.3) is 10.9 Å². The summed E-state index contributed by atoms with van der Waals surface area (Å²) in [5.41, 5.74) is 2.53. The summed E-state index contributed by atoms with van der Waals surface area (Å²) in [4.78, 5) is 16.2. The van der Waals surface area contributed by atoms with Gasteiger partial charge in [0.25, 0.3) is 0 Å². The van der Waals surface area contributed by atoms with Gasteiger partial charge in [0.1, 0.15) is 11.1 Å². The van der Waals surface area contributed by atoms with E-state index in [4.69, 9.17) is 4.74 Å². The third kappa shape index (κ3) is 4.46. The average Bonchev–Trinajstić information content (AvgIpc) is 2.50. The summed E-state index contributed by atoms with van der Waals surface area (Å²) < 4.78 is 5.10. The largest absolute Gasteiger partial charge is 0.462 e. The zero-order valence-electron chi connectivity index (χ0n) is 13.8. The van der Waals surface area contributed by atoms with Crippen LogP contribution in [0.1, 0.15) is 44.7 Å². The Bertz CT molecular complexity index is 763. The summed E-state index contributed by atoms with van der Waals surface area (Å²) in [6.07, 6.45) is -0.141. The zero-order valence-corrected chi connectivity index (χ0v) is 14.6. The third-order valence-electron chi connectivity index (χ3n) is 3.28. The minimum Gasteiger partial charge on any atom is -0.462 e. The highest BCUT2D eigenvalue weighted by Gasteiger charge is 2.12. The van der Waals surface area contributed by atoms with E-state index in [2.05, 4.69) is 31.0 Å². The van der Waals surface area contributed by atoms with Crippen LogP contribution < -0.4 is 0 Å². The topological polar surface area (TPSA) is 63.0 Å². The van der Waals surface area contributed by atoms with Gasteiger partial charge in [-0.25, -0.2) is 4.98 Å². The predicted octanol–water partition coefficient (Wildman–Crippen LogP) is 4.27. The molecule has 23 heavy (non-hydrogen) atoms. The number of thioether (sulfide) groups is 1. The second-order valence-corrected chi connectivity index (χ2v) is 6.85. The van der Waals surface area contributed by atoms with Gasteiger partial charge in [0, 0.05) is 5.39 Å². The Balaban J connectivity index is 2.28. The monoisotopic (exact) mass is 328 g/mol. The molecule has 120 valence electrons. The number of fused-ring (bicyclic) bond motifs is 1. The molecule has 0 fully saturated rings. The van der Waals surface area contributed by atoms with Crippen molar-refractivity contribution in [3.63, 3.8) is 0 Å². The molecule has 1 heterocycles. The van der Waals surface area contributed by atoms with Crippen molar-refractivity contribution in [3.8, 4) is 6.07 Å². The molecule has 0 saturated carbocycles. The molecule has 1 aromatic heterocycles. The lowest BCUT2D eigenvalue weighted by Crippen LogP contribution is -2.13. The van der Waals surface area contributed by atoms with Crippen molar-refractivity contribution in [2.45, 2.75) is 44.7 Å². The van der Waals surface area contributed by atoms with Crippen LogP contribution in [-0.2, 0) is 9.53 Å². The highest BCUT2D eigenvalue weighted by Crippen LogP contribution is 2.27. The Morgan fingerprint density at radius 3 is 2.65 bits per heavy atom. The van der Waals surface area contributed by atoms with E-state index in [0.717, 1.165) is 10.9 Å². The first-order valence-electron chi connectivity index (χ1n) is 7.57. The van der Waals surface area contributed by atoms with E-state index in [9.17, 15) is 10.1 Å². The second kappa shape index (κ2) is 7.47. The van der Waals surface area contributed by atoms with Gasteiger partial charge in [-0.15, -0.1) is 0 Å². The first-order valence-corrected chi connectivity index (χ1v) is 8.56. The molecule has 5 heteroatoms. The van der Waals surface area contributed by atoms with Gasteiger partial charge in [-0.3, -0.25) is 4.79 Å². The molecule has 0 unspecified atom stereocenters. The Kier molecular flexibility index (Phi) is 5.62. The van der Waals surface area contributed by atoms with Gasteiger partial charge >= 0.3 is 5.97 Å². The van der Waals surface area contributed by atoms with Gasteiger partial charge in [0.05, 0.1) is 22.9 Å². The molecule has 0 aliphatic carbocycles. The fraction of sp³-hybridized carbons (Fsp3) is 0.389. The highest BCUT2D eigenvalue weighted by atomic mass is 32.2. The van der Waals surface area contributed by atoms with Crippen LogP contribution in [0.3, 0.4) is 0 Å². The SMILES string of the molecule is CC(C)OC(=O)CSc1nc2ccc(C(C)C)cc2cc1C#N. The van der Waals surface area contributed by atoms with E-state index in [1.165, 1.54) is 17.3 Å². The van der Waals surface area contributed by atoms with Crippen molar-refractivity contribution in [1.82, 2.24) is 4.98 Å². The van der Waals surface area contributed by atoms with Crippen LogP contribution in [0.15, 0.2) is 29.3 Å². The maximum Gasteiger partial charge on any atom is 0.316 e. The smallest absolute Gasteiger partial charge is 0.316 e. The molecule has 0 atom stereocenters. The first kappa shape index (κ1) is 17.3. The number of carbonyl (C=O) groups is 1. The van der Waals surface area contributed by atoms with Crippen LogP contribution in [-0.4, -0.2) is 22.8 Å². The Hall–Kier alpha value is -2.06. The molecule has 2 aromatic rings.